The molecule has 166 valence electrons. The highest BCUT2D eigenvalue weighted by molar-refractivity contribution is 5.76. The van der Waals surface area contributed by atoms with Gasteiger partial charge in [0.25, 0.3) is 5.56 Å². The van der Waals surface area contributed by atoms with Crippen LogP contribution in [0.15, 0.2) is 51.4 Å². The quantitative estimate of drug-likeness (QED) is 0.335. The van der Waals surface area contributed by atoms with Crippen molar-refractivity contribution in [2.24, 2.45) is 10.2 Å². The third kappa shape index (κ3) is 5.37. The van der Waals surface area contributed by atoms with Crippen molar-refractivity contribution >= 4 is 29.5 Å². The van der Waals surface area contributed by atoms with Crippen LogP contribution in [0.3, 0.4) is 0 Å². The summed E-state index contributed by atoms with van der Waals surface area (Å²) < 4.78 is 15.3. The van der Waals surface area contributed by atoms with Crippen LogP contribution in [-0.4, -0.2) is 26.0 Å². The number of aromatic nitrogens is 2. The van der Waals surface area contributed by atoms with Crippen molar-refractivity contribution in [3.8, 4) is 5.75 Å². The molecule has 3 rings (SSSR count). The highest BCUT2D eigenvalue weighted by Crippen LogP contribution is 2.32. The third-order valence-corrected chi connectivity index (χ3v) is 4.78. The summed E-state index contributed by atoms with van der Waals surface area (Å²) in [6.07, 6.45) is 3.36. The van der Waals surface area contributed by atoms with Crippen LogP contribution in [0.4, 0.5) is 15.8 Å². The molecule has 2 aromatic carbocycles. The number of H-pyrrole nitrogens is 1. The van der Waals surface area contributed by atoms with Crippen molar-refractivity contribution in [2.75, 3.05) is 0 Å². The predicted octanol–water partition coefficient (Wildman–Crippen LogP) is 5.09. The van der Waals surface area contributed by atoms with Gasteiger partial charge >= 0.3 is 5.97 Å². The maximum atomic E-state index is 14.0. The van der Waals surface area contributed by atoms with Gasteiger partial charge in [-0.1, -0.05) is 36.4 Å². The molecule has 0 radical (unpaired) electrons. The van der Waals surface area contributed by atoms with Gasteiger partial charge in [0.2, 0.25) is 0 Å². The summed E-state index contributed by atoms with van der Waals surface area (Å²) in [5, 5.41) is 30.1. The molecule has 0 saturated carbocycles. The third-order valence-electron chi connectivity index (χ3n) is 4.78. The lowest BCUT2D eigenvalue weighted by atomic mass is 10.1. The maximum absolute atomic E-state index is 14.0. The predicted molar refractivity (Wildman–Crippen MR) is 119 cm³/mol. The zero-order chi connectivity index (χ0) is 23.3. The molecule has 0 fully saturated rings. The summed E-state index contributed by atoms with van der Waals surface area (Å²) in [7, 11) is 0. The molecular formula is C23H23FN4O4. The minimum atomic E-state index is -0.934. The van der Waals surface area contributed by atoms with Crippen molar-refractivity contribution in [2.45, 2.75) is 33.2 Å². The molecule has 3 N–H and O–H groups in total. The van der Waals surface area contributed by atoms with E-state index in [4.69, 9.17) is 5.11 Å². The van der Waals surface area contributed by atoms with E-state index in [1.165, 1.54) is 16.8 Å². The molecule has 9 heteroatoms. The van der Waals surface area contributed by atoms with E-state index in [9.17, 15) is 19.1 Å². The number of carboxylic acid groups (broad SMARTS) is 1. The normalized spacial score (nSPS) is 11.6. The van der Waals surface area contributed by atoms with E-state index < -0.39 is 11.5 Å². The molecule has 0 aliphatic rings. The van der Waals surface area contributed by atoms with Crippen molar-refractivity contribution < 1.29 is 19.4 Å². The maximum Gasteiger partial charge on any atom is 0.303 e. The second-order valence-electron chi connectivity index (χ2n) is 7.31. The number of phenolic OH excluding ortho intramolecular Hbond substituents is 1. The number of phenols is 1. The van der Waals surface area contributed by atoms with Gasteiger partial charge in [0.15, 0.2) is 5.69 Å². The second kappa shape index (κ2) is 9.86. The monoisotopic (exact) mass is 438 g/mol. The van der Waals surface area contributed by atoms with E-state index in [0.29, 0.717) is 23.2 Å². The topological polar surface area (TPSA) is 120 Å². The Morgan fingerprint density at radius 1 is 1.16 bits per heavy atom. The van der Waals surface area contributed by atoms with Crippen LogP contribution in [0.1, 0.15) is 35.2 Å². The Morgan fingerprint density at radius 3 is 2.62 bits per heavy atom. The van der Waals surface area contributed by atoms with Crippen LogP contribution in [0.2, 0.25) is 0 Å². The fraction of sp³-hybridized carbons (Fsp3) is 0.217. The molecule has 0 amide bonds. The minimum absolute atomic E-state index is 0.0535. The fourth-order valence-corrected chi connectivity index (χ4v) is 3.07. The lowest BCUT2D eigenvalue weighted by Crippen LogP contribution is -2.17. The molecule has 0 unspecified atom stereocenters. The number of hydrogen-bond donors (Lipinski definition) is 3. The molecule has 1 aromatic heterocycles. The number of aromatic amines is 1. The van der Waals surface area contributed by atoms with Gasteiger partial charge in [-0.2, -0.15) is 0 Å². The van der Waals surface area contributed by atoms with E-state index in [2.05, 4.69) is 15.3 Å². The van der Waals surface area contributed by atoms with Crippen molar-refractivity contribution in [1.29, 1.82) is 0 Å². The molecule has 32 heavy (non-hydrogen) atoms. The molecule has 0 spiro atoms. The molecule has 0 saturated heterocycles. The van der Waals surface area contributed by atoms with Crippen molar-refractivity contribution in [3.63, 3.8) is 0 Å². The zero-order valence-electron chi connectivity index (χ0n) is 17.7. The number of hydrogen-bond acceptors (Lipinski definition) is 5. The van der Waals surface area contributed by atoms with E-state index in [0.717, 1.165) is 5.56 Å². The van der Waals surface area contributed by atoms with Gasteiger partial charge in [-0.05, 0) is 38.0 Å². The highest BCUT2D eigenvalue weighted by Gasteiger charge is 2.12. The Balaban J connectivity index is 1.81. The number of rotatable bonds is 8. The molecular weight excluding hydrogens is 415 g/mol. The lowest BCUT2D eigenvalue weighted by Gasteiger charge is -2.03. The van der Waals surface area contributed by atoms with Gasteiger partial charge in [-0.25, -0.2) is 4.39 Å². The number of para-hydroxylation sites is 1. The number of halogens is 1. The van der Waals surface area contributed by atoms with Crippen LogP contribution in [0, 0.1) is 19.7 Å². The second-order valence-corrected chi connectivity index (χ2v) is 7.31. The van der Waals surface area contributed by atoms with Gasteiger partial charge < -0.3 is 10.2 Å². The van der Waals surface area contributed by atoms with Crippen LogP contribution < -0.4 is 5.56 Å². The number of aryl methyl sites for hydroxylation is 3. The average molecular weight is 438 g/mol. The van der Waals surface area contributed by atoms with Gasteiger partial charge in [0.1, 0.15) is 17.3 Å². The van der Waals surface area contributed by atoms with Crippen LogP contribution >= 0.6 is 0 Å². The summed E-state index contributed by atoms with van der Waals surface area (Å²) in [6, 6.07) is 9.72. The van der Waals surface area contributed by atoms with E-state index in [1.807, 2.05) is 0 Å². The zero-order valence-corrected chi connectivity index (χ0v) is 17.7. The van der Waals surface area contributed by atoms with Gasteiger partial charge in [0, 0.05) is 24.1 Å². The number of nitrogens with one attached hydrogen (secondary N) is 1. The molecule has 0 bridgehead atoms. The lowest BCUT2D eigenvalue weighted by molar-refractivity contribution is -0.137. The number of azo groups is 1. The molecule has 0 aliphatic heterocycles. The van der Waals surface area contributed by atoms with Crippen LogP contribution in [0.5, 0.6) is 5.75 Å². The average Bonchev–Trinajstić information content (AvgIpc) is 3.00. The number of benzene rings is 2. The fourth-order valence-electron chi connectivity index (χ4n) is 3.07. The molecule has 3 aromatic rings. The first-order chi connectivity index (χ1) is 15.3. The first kappa shape index (κ1) is 22.7. The van der Waals surface area contributed by atoms with E-state index in [1.54, 1.807) is 50.3 Å². The van der Waals surface area contributed by atoms with Crippen LogP contribution in [0.25, 0.3) is 12.2 Å². The summed E-state index contributed by atoms with van der Waals surface area (Å²) in [5.41, 5.74) is 1.87. The first-order valence-corrected chi connectivity index (χ1v) is 9.95. The highest BCUT2D eigenvalue weighted by atomic mass is 19.1. The molecule has 8 nitrogen and oxygen atoms in total. The van der Waals surface area contributed by atoms with Crippen molar-refractivity contribution in [3.05, 3.63) is 75.0 Å². The SMILES string of the molecule is Cc1ccc(/C=C/c2cccc(N=Nc3c(C)[nH]n(CCCC(=O)O)c3=O)c2O)c(F)c1. The molecule has 0 atom stereocenters. The Hall–Kier alpha value is -4.01. The molecule has 1 heterocycles. The minimum Gasteiger partial charge on any atom is -0.505 e. The van der Waals surface area contributed by atoms with Gasteiger partial charge in [0.05, 0.1) is 5.69 Å². The van der Waals surface area contributed by atoms with Crippen LogP contribution in [-0.2, 0) is 11.3 Å². The number of aliphatic carboxylic acids is 1. The Labute approximate surface area is 183 Å². The summed E-state index contributed by atoms with van der Waals surface area (Å²) in [5.74, 6) is -1.45. The number of aromatic hydroxyl groups is 1. The Bertz CT molecular complexity index is 1260. The molecule has 0 aliphatic carbocycles. The summed E-state index contributed by atoms with van der Waals surface area (Å²) >= 11 is 0. The van der Waals surface area contributed by atoms with Crippen molar-refractivity contribution in [1.82, 2.24) is 9.78 Å². The first-order valence-electron chi connectivity index (χ1n) is 9.95. The van der Waals surface area contributed by atoms with Gasteiger partial charge in [-0.3, -0.25) is 19.4 Å². The standard InChI is InChI=1S/C23H23FN4O4/c1-14-8-9-16(18(24)13-14)10-11-17-5-3-6-19(22(17)31)25-26-21-15(2)27-28(23(21)32)12-4-7-20(29)30/h3,5-6,8-11,13,27,31H,4,7,12H2,1-2H3,(H,29,30)/b11-10+,26-25?. The largest absolute Gasteiger partial charge is 0.505 e. The number of carbonyl (C=O) groups is 1. The Kier molecular flexibility index (Phi) is 6.99. The number of nitrogens with zero attached hydrogens (tertiary/aromatic N) is 3. The smallest absolute Gasteiger partial charge is 0.303 e. The van der Waals surface area contributed by atoms with Gasteiger partial charge in [-0.15, -0.1) is 10.2 Å². The summed E-state index contributed by atoms with van der Waals surface area (Å²) in [6.45, 7) is 3.66. The summed E-state index contributed by atoms with van der Waals surface area (Å²) in [4.78, 5) is 23.1. The number of carboxylic acids is 1. The van der Waals surface area contributed by atoms with E-state index in [-0.39, 0.29) is 35.9 Å². The Morgan fingerprint density at radius 2 is 1.91 bits per heavy atom. The van der Waals surface area contributed by atoms with E-state index >= 15 is 0 Å².